The number of hydrogen-bond acceptors (Lipinski definition) is 4. The largest absolute Gasteiger partial charge is 0.324 e. The number of carbonyl (C=O) groups excluding carboxylic acids is 1. The van der Waals surface area contributed by atoms with E-state index in [1.165, 1.54) is 18.3 Å². The number of hydrogen-bond donors (Lipinski definition) is 1. The van der Waals surface area contributed by atoms with Crippen molar-refractivity contribution >= 4 is 21.4 Å². The van der Waals surface area contributed by atoms with E-state index in [1.807, 2.05) is 0 Å². The zero-order valence-electron chi connectivity index (χ0n) is 10.3. The summed E-state index contributed by atoms with van der Waals surface area (Å²) >= 11 is 0. The lowest BCUT2D eigenvalue weighted by Gasteiger charge is -2.17. The summed E-state index contributed by atoms with van der Waals surface area (Å²) in [6, 6.07) is 2.89. The van der Waals surface area contributed by atoms with Gasteiger partial charge in [0.25, 0.3) is 0 Å². The van der Waals surface area contributed by atoms with Crippen molar-refractivity contribution in [1.29, 1.82) is 0 Å². The Morgan fingerprint density at radius 1 is 1.29 bits per heavy atom. The van der Waals surface area contributed by atoms with Crippen LogP contribution < -0.4 is 5.32 Å². The maximum atomic E-state index is 11.7. The van der Waals surface area contributed by atoms with E-state index in [9.17, 15) is 13.2 Å². The van der Waals surface area contributed by atoms with Gasteiger partial charge in [0.15, 0.2) is 14.9 Å². The molecular weight excluding hydrogens is 240 g/mol. The van der Waals surface area contributed by atoms with E-state index in [2.05, 4.69) is 10.3 Å². The van der Waals surface area contributed by atoms with Crippen molar-refractivity contribution in [3.63, 3.8) is 0 Å². The summed E-state index contributed by atoms with van der Waals surface area (Å²) in [6.07, 6.45) is 2.42. The Balaban J connectivity index is 2.87. The first kappa shape index (κ1) is 13.6. The minimum Gasteiger partial charge on any atom is -0.324 e. The van der Waals surface area contributed by atoms with Crippen molar-refractivity contribution in [3.05, 3.63) is 18.3 Å². The van der Waals surface area contributed by atoms with Crippen LogP contribution >= 0.6 is 0 Å². The molecule has 0 saturated carbocycles. The van der Waals surface area contributed by atoms with Gasteiger partial charge in [-0.3, -0.25) is 4.79 Å². The molecule has 1 rings (SSSR count). The highest BCUT2D eigenvalue weighted by atomic mass is 32.2. The van der Waals surface area contributed by atoms with Crippen LogP contribution in [0.25, 0.3) is 0 Å². The standard InChI is InChI=1S/C11H16N2O3S/c1-11(2,3)10(14)13-8-5-6-9(12-7-8)17(4,15)16/h5-7H,1-4H3,(H,13,14). The molecule has 1 amide bonds. The van der Waals surface area contributed by atoms with Crippen LogP contribution in [-0.2, 0) is 14.6 Å². The topological polar surface area (TPSA) is 76.1 Å². The SMILES string of the molecule is CC(C)(C)C(=O)Nc1ccc(S(C)(=O)=O)nc1. The second-order valence-corrected chi connectivity index (χ2v) is 6.82. The Morgan fingerprint density at radius 2 is 1.88 bits per heavy atom. The van der Waals surface area contributed by atoms with Gasteiger partial charge in [-0.15, -0.1) is 0 Å². The first-order valence-corrected chi connectivity index (χ1v) is 6.97. The summed E-state index contributed by atoms with van der Waals surface area (Å²) in [6.45, 7) is 5.38. The Morgan fingerprint density at radius 3 is 2.24 bits per heavy atom. The van der Waals surface area contributed by atoms with Gasteiger partial charge in [0, 0.05) is 11.7 Å². The van der Waals surface area contributed by atoms with Crippen LogP contribution in [0.3, 0.4) is 0 Å². The number of pyridine rings is 1. The van der Waals surface area contributed by atoms with Gasteiger partial charge in [-0.2, -0.15) is 0 Å². The number of anilines is 1. The summed E-state index contributed by atoms with van der Waals surface area (Å²) in [7, 11) is -3.30. The number of nitrogens with zero attached hydrogens (tertiary/aromatic N) is 1. The predicted octanol–water partition coefficient (Wildman–Crippen LogP) is 1.47. The normalized spacial score (nSPS) is 12.2. The molecule has 5 nitrogen and oxygen atoms in total. The zero-order valence-corrected chi connectivity index (χ0v) is 11.1. The van der Waals surface area contributed by atoms with Crippen molar-refractivity contribution in [3.8, 4) is 0 Å². The van der Waals surface area contributed by atoms with Gasteiger partial charge in [-0.05, 0) is 12.1 Å². The molecule has 0 aliphatic carbocycles. The lowest BCUT2D eigenvalue weighted by molar-refractivity contribution is -0.123. The highest BCUT2D eigenvalue weighted by Gasteiger charge is 2.21. The Hall–Kier alpha value is -1.43. The van der Waals surface area contributed by atoms with Gasteiger partial charge in [-0.1, -0.05) is 20.8 Å². The van der Waals surface area contributed by atoms with E-state index in [-0.39, 0.29) is 10.9 Å². The second-order valence-electron chi connectivity index (χ2n) is 4.86. The smallest absolute Gasteiger partial charge is 0.229 e. The number of nitrogens with one attached hydrogen (secondary N) is 1. The van der Waals surface area contributed by atoms with Crippen LogP contribution in [0.5, 0.6) is 0 Å². The molecule has 0 spiro atoms. The number of amides is 1. The molecule has 0 fully saturated rings. The minimum atomic E-state index is -3.30. The quantitative estimate of drug-likeness (QED) is 0.869. The second kappa shape index (κ2) is 4.44. The van der Waals surface area contributed by atoms with Crippen LogP contribution in [-0.4, -0.2) is 25.6 Å². The molecule has 0 radical (unpaired) electrons. The minimum absolute atomic E-state index is 0.00809. The van der Waals surface area contributed by atoms with E-state index in [0.717, 1.165) is 6.26 Å². The molecule has 0 unspecified atom stereocenters. The lowest BCUT2D eigenvalue weighted by atomic mass is 9.96. The van der Waals surface area contributed by atoms with Crippen molar-refractivity contribution < 1.29 is 13.2 Å². The van der Waals surface area contributed by atoms with Crippen molar-refractivity contribution in [2.24, 2.45) is 5.41 Å². The summed E-state index contributed by atoms with van der Waals surface area (Å²) < 4.78 is 22.4. The molecule has 17 heavy (non-hydrogen) atoms. The van der Waals surface area contributed by atoms with Gasteiger partial charge in [0.2, 0.25) is 5.91 Å². The van der Waals surface area contributed by atoms with Crippen LogP contribution in [0.1, 0.15) is 20.8 Å². The highest BCUT2D eigenvalue weighted by Crippen LogP contribution is 2.17. The maximum absolute atomic E-state index is 11.7. The van der Waals surface area contributed by atoms with Gasteiger partial charge in [-0.25, -0.2) is 13.4 Å². The van der Waals surface area contributed by atoms with Gasteiger partial charge in [0.05, 0.1) is 11.9 Å². The molecule has 1 aromatic heterocycles. The number of aromatic nitrogens is 1. The van der Waals surface area contributed by atoms with Crippen molar-refractivity contribution in [2.75, 3.05) is 11.6 Å². The molecule has 1 aromatic rings. The van der Waals surface area contributed by atoms with Crippen LogP contribution in [0.15, 0.2) is 23.4 Å². The summed E-state index contributed by atoms with van der Waals surface area (Å²) in [5.41, 5.74) is -0.0208. The van der Waals surface area contributed by atoms with E-state index in [0.29, 0.717) is 5.69 Å². The Kier molecular flexibility index (Phi) is 3.56. The Bertz CT molecular complexity index is 513. The van der Waals surface area contributed by atoms with Crippen molar-refractivity contribution in [2.45, 2.75) is 25.8 Å². The molecule has 1 N–H and O–H groups in total. The zero-order chi connectivity index (χ0) is 13.3. The van der Waals surface area contributed by atoms with E-state index in [1.54, 1.807) is 20.8 Å². The van der Waals surface area contributed by atoms with Gasteiger partial charge >= 0.3 is 0 Å². The van der Waals surface area contributed by atoms with Gasteiger partial charge in [0.1, 0.15) is 0 Å². The summed E-state index contributed by atoms with van der Waals surface area (Å²) in [4.78, 5) is 15.4. The third kappa shape index (κ3) is 3.81. The highest BCUT2D eigenvalue weighted by molar-refractivity contribution is 7.90. The number of rotatable bonds is 2. The molecule has 0 saturated heterocycles. The third-order valence-electron chi connectivity index (χ3n) is 2.06. The van der Waals surface area contributed by atoms with E-state index < -0.39 is 15.3 Å². The predicted molar refractivity (Wildman–Crippen MR) is 65.4 cm³/mol. The van der Waals surface area contributed by atoms with Crippen LogP contribution in [0.4, 0.5) is 5.69 Å². The maximum Gasteiger partial charge on any atom is 0.229 e. The van der Waals surface area contributed by atoms with Gasteiger partial charge < -0.3 is 5.32 Å². The molecule has 6 heteroatoms. The first-order chi connectivity index (χ1) is 7.60. The molecular formula is C11H16N2O3S. The number of sulfone groups is 1. The van der Waals surface area contributed by atoms with Crippen molar-refractivity contribution in [1.82, 2.24) is 4.98 Å². The molecule has 1 heterocycles. The molecule has 0 aliphatic heterocycles. The lowest BCUT2D eigenvalue weighted by Crippen LogP contribution is -2.27. The van der Waals surface area contributed by atoms with Crippen LogP contribution in [0.2, 0.25) is 0 Å². The molecule has 0 atom stereocenters. The monoisotopic (exact) mass is 256 g/mol. The fourth-order valence-corrected chi connectivity index (χ4v) is 1.55. The summed E-state index contributed by atoms with van der Waals surface area (Å²) in [5, 5.41) is 2.66. The molecule has 94 valence electrons. The number of carbonyl (C=O) groups is 1. The molecule has 0 aliphatic rings. The fourth-order valence-electron chi connectivity index (χ4n) is 0.992. The molecule has 0 bridgehead atoms. The molecule has 0 aromatic carbocycles. The summed E-state index contributed by atoms with van der Waals surface area (Å²) in [5.74, 6) is -0.147. The van der Waals surface area contributed by atoms with E-state index >= 15 is 0 Å². The average Bonchev–Trinajstić information content (AvgIpc) is 2.15. The first-order valence-electron chi connectivity index (χ1n) is 5.08. The average molecular weight is 256 g/mol. The third-order valence-corrected chi connectivity index (χ3v) is 3.06. The Labute approximate surface area is 101 Å². The fraction of sp³-hybridized carbons (Fsp3) is 0.455. The van der Waals surface area contributed by atoms with Crippen LogP contribution in [0, 0.1) is 5.41 Å². The van der Waals surface area contributed by atoms with E-state index in [4.69, 9.17) is 0 Å².